The largest absolute Gasteiger partial charge is 0.403 e. The summed E-state index contributed by atoms with van der Waals surface area (Å²) in [6, 6.07) is 11.3. The summed E-state index contributed by atoms with van der Waals surface area (Å²) < 4.78 is 18.5. The zero-order valence-electron chi connectivity index (χ0n) is 13.0. The van der Waals surface area contributed by atoms with E-state index in [9.17, 15) is 14.0 Å². The molecule has 0 radical (unpaired) electrons. The summed E-state index contributed by atoms with van der Waals surface area (Å²) in [6.45, 7) is 1.26. The van der Waals surface area contributed by atoms with Crippen molar-refractivity contribution >= 4 is 11.1 Å². The zero-order chi connectivity index (χ0) is 16.8. The summed E-state index contributed by atoms with van der Waals surface area (Å²) >= 11 is 0. The number of fused-ring (bicyclic) bond motifs is 1. The summed E-state index contributed by atoms with van der Waals surface area (Å²) in [6.07, 6.45) is -0.599. The second-order valence-electron chi connectivity index (χ2n) is 6.13. The molecule has 5 nitrogen and oxygen atoms in total. The van der Waals surface area contributed by atoms with Crippen LogP contribution in [0, 0.1) is 0 Å². The minimum Gasteiger partial charge on any atom is -0.403 e. The number of halogens is 1. The lowest BCUT2D eigenvalue weighted by Gasteiger charge is -2.06. The van der Waals surface area contributed by atoms with Gasteiger partial charge in [-0.1, -0.05) is 30.3 Å². The van der Waals surface area contributed by atoms with Crippen LogP contribution in [0.3, 0.4) is 0 Å². The van der Waals surface area contributed by atoms with E-state index in [1.54, 1.807) is 0 Å². The van der Waals surface area contributed by atoms with Gasteiger partial charge in [-0.2, -0.15) is 4.98 Å². The maximum absolute atomic E-state index is 13.4. The van der Waals surface area contributed by atoms with Gasteiger partial charge >= 0.3 is 5.63 Å². The first-order valence-electron chi connectivity index (χ1n) is 7.81. The predicted octanol–water partition coefficient (Wildman–Crippen LogP) is 3.18. The van der Waals surface area contributed by atoms with Crippen LogP contribution in [-0.2, 0) is 0 Å². The summed E-state index contributed by atoms with van der Waals surface area (Å²) in [4.78, 5) is 30.7. The van der Waals surface area contributed by atoms with Crippen molar-refractivity contribution in [2.45, 2.75) is 31.4 Å². The van der Waals surface area contributed by atoms with Crippen molar-refractivity contribution in [3.8, 4) is 0 Å². The zero-order valence-corrected chi connectivity index (χ0v) is 13.0. The van der Waals surface area contributed by atoms with E-state index in [1.165, 1.54) is 18.6 Å². The van der Waals surface area contributed by atoms with Gasteiger partial charge in [0.25, 0.3) is 5.56 Å². The molecular weight excluding hydrogens is 311 g/mol. The number of alkyl halides is 1. The Balaban J connectivity index is 1.85. The Morgan fingerprint density at radius 2 is 2.00 bits per heavy atom. The fourth-order valence-electron chi connectivity index (χ4n) is 3.21. The minimum absolute atomic E-state index is 0.0653. The number of aromatic nitrogens is 2. The molecule has 3 atom stereocenters. The molecule has 1 saturated carbocycles. The third-order valence-electron chi connectivity index (χ3n) is 4.46. The van der Waals surface area contributed by atoms with E-state index in [4.69, 9.17) is 4.42 Å². The van der Waals surface area contributed by atoms with Gasteiger partial charge in [0.15, 0.2) is 6.17 Å². The average molecular weight is 326 g/mol. The maximum atomic E-state index is 13.4. The molecule has 3 aromatic rings. The van der Waals surface area contributed by atoms with Crippen molar-refractivity contribution in [1.82, 2.24) is 9.97 Å². The lowest BCUT2D eigenvalue weighted by Crippen LogP contribution is -2.16. The van der Waals surface area contributed by atoms with E-state index >= 15 is 0 Å². The van der Waals surface area contributed by atoms with Gasteiger partial charge in [-0.25, -0.2) is 9.18 Å². The Kier molecular flexibility index (Phi) is 3.33. The van der Waals surface area contributed by atoms with Crippen molar-refractivity contribution in [3.05, 3.63) is 74.1 Å². The van der Waals surface area contributed by atoms with Crippen LogP contribution in [-0.4, -0.2) is 9.97 Å². The quantitative estimate of drug-likeness (QED) is 0.802. The summed E-state index contributed by atoms with van der Waals surface area (Å²) in [5.74, 6) is 0.189. The highest BCUT2D eigenvalue weighted by Crippen LogP contribution is 2.55. The molecule has 0 bridgehead atoms. The summed E-state index contributed by atoms with van der Waals surface area (Å²) in [5, 5.41) is 0.238. The van der Waals surface area contributed by atoms with Gasteiger partial charge in [0.2, 0.25) is 5.71 Å². The average Bonchev–Trinajstić information content (AvgIpc) is 3.35. The molecule has 0 saturated heterocycles. The maximum Gasteiger partial charge on any atom is 0.337 e. The molecule has 4 rings (SSSR count). The molecule has 1 fully saturated rings. The van der Waals surface area contributed by atoms with Gasteiger partial charge in [0.05, 0.1) is 0 Å². The van der Waals surface area contributed by atoms with Gasteiger partial charge in [-0.15, -0.1) is 0 Å². The third-order valence-corrected chi connectivity index (χ3v) is 4.46. The van der Waals surface area contributed by atoms with E-state index in [0.29, 0.717) is 5.56 Å². The Bertz CT molecular complexity index is 1020. The molecule has 1 aliphatic rings. The molecule has 0 aliphatic heterocycles. The molecule has 1 aromatic carbocycles. The number of hydrogen-bond acceptors (Lipinski definition) is 4. The van der Waals surface area contributed by atoms with Crippen molar-refractivity contribution < 1.29 is 8.81 Å². The van der Waals surface area contributed by atoms with Gasteiger partial charge in [-0.3, -0.25) is 4.79 Å². The smallest absolute Gasteiger partial charge is 0.337 e. The molecule has 1 aliphatic carbocycles. The molecule has 2 aromatic heterocycles. The fourth-order valence-corrected chi connectivity index (χ4v) is 3.21. The SMILES string of the molecule is CC(F)c1nc2oc(=O)cc([C@@H]3CC3c3ccccc3)c2c(=O)[nH]1. The first-order chi connectivity index (χ1) is 11.5. The Morgan fingerprint density at radius 3 is 2.71 bits per heavy atom. The molecule has 2 heterocycles. The molecule has 6 heteroatoms. The normalized spacial score (nSPS) is 20.9. The van der Waals surface area contributed by atoms with Crippen molar-refractivity contribution in [1.29, 1.82) is 0 Å². The number of H-pyrrole nitrogens is 1. The summed E-state index contributed by atoms with van der Waals surface area (Å²) in [5.41, 5.74) is 0.646. The number of nitrogens with one attached hydrogen (secondary N) is 1. The van der Waals surface area contributed by atoms with Crippen LogP contribution in [0.4, 0.5) is 4.39 Å². The highest BCUT2D eigenvalue weighted by atomic mass is 19.1. The lowest BCUT2D eigenvalue weighted by molar-refractivity contribution is 0.355. The molecular formula is C18H15FN2O3. The van der Waals surface area contributed by atoms with Crippen LogP contribution in [0.1, 0.15) is 48.3 Å². The first-order valence-corrected chi connectivity index (χ1v) is 7.81. The predicted molar refractivity (Wildman–Crippen MR) is 87.0 cm³/mol. The molecule has 0 amide bonds. The van der Waals surface area contributed by atoms with Crippen LogP contribution < -0.4 is 11.2 Å². The van der Waals surface area contributed by atoms with Crippen molar-refractivity contribution in [3.63, 3.8) is 0 Å². The second kappa shape index (κ2) is 5.40. The topological polar surface area (TPSA) is 76.0 Å². The third kappa shape index (κ3) is 2.44. The molecule has 1 N–H and O–H groups in total. The monoisotopic (exact) mass is 326 g/mol. The van der Waals surface area contributed by atoms with Crippen LogP contribution in [0.5, 0.6) is 0 Å². The standard InChI is InChI=1S/C18H15FN2O3/c1-9(19)16-20-17(23)15-13(8-14(22)24-18(15)21-16)12-7-11(12)10-5-3-2-4-6-10/h2-6,8-9,11-12H,7H2,1H3,(H,20,21,23)/t9?,11?,12-/m1/s1. The molecule has 24 heavy (non-hydrogen) atoms. The van der Waals surface area contributed by atoms with Gasteiger partial charge in [0.1, 0.15) is 11.2 Å². The van der Waals surface area contributed by atoms with E-state index in [2.05, 4.69) is 9.97 Å². The fraction of sp³-hybridized carbons (Fsp3) is 0.278. The second-order valence-corrected chi connectivity index (χ2v) is 6.13. The van der Waals surface area contributed by atoms with E-state index < -0.39 is 17.4 Å². The highest BCUT2D eigenvalue weighted by molar-refractivity contribution is 5.77. The number of benzene rings is 1. The Labute approximate surface area is 136 Å². The van der Waals surface area contributed by atoms with E-state index in [-0.39, 0.29) is 28.8 Å². The molecule has 2 unspecified atom stereocenters. The minimum atomic E-state index is -1.45. The number of aromatic amines is 1. The van der Waals surface area contributed by atoms with Crippen molar-refractivity contribution in [2.24, 2.45) is 0 Å². The number of nitrogens with zero attached hydrogens (tertiary/aromatic N) is 1. The van der Waals surface area contributed by atoms with Gasteiger partial charge < -0.3 is 9.40 Å². The molecule has 0 spiro atoms. The van der Waals surface area contributed by atoms with Crippen LogP contribution >= 0.6 is 0 Å². The van der Waals surface area contributed by atoms with Crippen LogP contribution in [0.25, 0.3) is 11.1 Å². The number of rotatable bonds is 3. The van der Waals surface area contributed by atoms with Gasteiger partial charge in [-0.05, 0) is 36.3 Å². The molecule has 122 valence electrons. The Morgan fingerprint density at radius 1 is 1.25 bits per heavy atom. The van der Waals surface area contributed by atoms with E-state index in [0.717, 1.165) is 6.42 Å². The van der Waals surface area contributed by atoms with Gasteiger partial charge in [0, 0.05) is 6.07 Å². The van der Waals surface area contributed by atoms with Crippen LogP contribution in [0.15, 0.2) is 50.4 Å². The van der Waals surface area contributed by atoms with Crippen LogP contribution in [0.2, 0.25) is 0 Å². The first kappa shape index (κ1) is 14.8. The van der Waals surface area contributed by atoms with E-state index in [1.807, 2.05) is 30.3 Å². The van der Waals surface area contributed by atoms with Crippen molar-refractivity contribution in [2.75, 3.05) is 0 Å². The number of hydrogen-bond donors (Lipinski definition) is 1. The Hall–Kier alpha value is -2.76. The highest BCUT2D eigenvalue weighted by Gasteiger charge is 2.41. The summed E-state index contributed by atoms with van der Waals surface area (Å²) in [7, 11) is 0. The lowest BCUT2D eigenvalue weighted by atomic mass is 10.0.